The smallest absolute Gasteiger partial charge is 0.318 e. The quantitative estimate of drug-likeness (QED) is 0.514. The van der Waals surface area contributed by atoms with E-state index in [1.807, 2.05) is 31.3 Å². The topological polar surface area (TPSA) is 116 Å². The molecule has 1 fully saturated rings. The monoisotopic (exact) mass is 424 g/mol. The number of hydrogen-bond acceptors (Lipinski definition) is 5. The molecule has 0 aliphatic carbocycles. The first-order valence-electron chi connectivity index (χ1n) is 10.8. The number of fused-ring (bicyclic) bond motifs is 1. The zero-order chi connectivity index (χ0) is 21.6. The molecular formula is C22H28N6O3. The molecule has 1 aliphatic rings. The Kier molecular flexibility index (Phi) is 6.49. The van der Waals surface area contributed by atoms with Crippen molar-refractivity contribution in [3.05, 3.63) is 47.7 Å². The first-order valence-corrected chi connectivity index (χ1v) is 10.8. The highest BCUT2D eigenvalue weighted by atomic mass is 16.5. The molecule has 31 heavy (non-hydrogen) atoms. The Morgan fingerprint density at radius 1 is 1.26 bits per heavy atom. The fourth-order valence-electron chi connectivity index (χ4n) is 4.02. The molecule has 1 atom stereocenters. The highest BCUT2D eigenvalue weighted by Gasteiger charge is 2.33. The summed E-state index contributed by atoms with van der Waals surface area (Å²) in [5, 5.41) is 11.0. The molecule has 3 amide bonds. The number of benzene rings is 1. The summed E-state index contributed by atoms with van der Waals surface area (Å²) in [6, 6.07) is 7.85. The molecule has 1 aromatic carbocycles. The fourth-order valence-corrected chi connectivity index (χ4v) is 4.02. The Labute approximate surface area is 180 Å². The number of aromatic nitrogens is 3. The molecule has 3 N–H and O–H groups in total. The van der Waals surface area contributed by atoms with E-state index in [1.54, 1.807) is 4.90 Å². The van der Waals surface area contributed by atoms with E-state index in [0.29, 0.717) is 37.8 Å². The van der Waals surface area contributed by atoms with Gasteiger partial charge in [0.1, 0.15) is 0 Å². The lowest BCUT2D eigenvalue weighted by Gasteiger charge is -2.22. The molecule has 0 radical (unpaired) electrons. The van der Waals surface area contributed by atoms with Gasteiger partial charge in [-0.2, -0.15) is 4.98 Å². The van der Waals surface area contributed by atoms with E-state index in [1.165, 1.54) is 10.9 Å². The second kappa shape index (κ2) is 9.63. The van der Waals surface area contributed by atoms with E-state index in [0.717, 1.165) is 24.8 Å². The van der Waals surface area contributed by atoms with Gasteiger partial charge in [0.05, 0.1) is 6.04 Å². The lowest BCUT2D eigenvalue weighted by Crippen LogP contribution is -2.39. The molecule has 1 saturated heterocycles. The van der Waals surface area contributed by atoms with Crippen LogP contribution >= 0.6 is 0 Å². The SMILES string of the molecule is CCNC(=O)N1CCCC1c1noc(CCC(=O)NCCc2c[nH]c3ccccc23)n1. The van der Waals surface area contributed by atoms with Crippen LogP contribution < -0.4 is 10.6 Å². The lowest BCUT2D eigenvalue weighted by atomic mass is 10.1. The van der Waals surface area contributed by atoms with Crippen molar-refractivity contribution in [2.24, 2.45) is 0 Å². The summed E-state index contributed by atoms with van der Waals surface area (Å²) in [5.74, 6) is 0.882. The van der Waals surface area contributed by atoms with Crippen LogP contribution in [-0.4, -0.2) is 51.6 Å². The Hall–Kier alpha value is -3.36. The van der Waals surface area contributed by atoms with Crippen molar-refractivity contribution in [2.75, 3.05) is 19.6 Å². The summed E-state index contributed by atoms with van der Waals surface area (Å²) in [6.07, 6.45) is 5.12. The average Bonchev–Trinajstić information content (AvgIpc) is 3.52. The number of amides is 3. The number of aryl methyl sites for hydroxylation is 1. The average molecular weight is 425 g/mol. The van der Waals surface area contributed by atoms with Gasteiger partial charge >= 0.3 is 6.03 Å². The third kappa shape index (κ3) is 4.87. The van der Waals surface area contributed by atoms with Crippen molar-refractivity contribution in [1.29, 1.82) is 0 Å². The molecule has 164 valence electrons. The van der Waals surface area contributed by atoms with Gasteiger partial charge in [0.2, 0.25) is 11.8 Å². The Bertz CT molecular complexity index is 1040. The third-order valence-corrected chi connectivity index (χ3v) is 5.58. The number of nitrogens with zero attached hydrogens (tertiary/aromatic N) is 3. The minimum Gasteiger partial charge on any atom is -0.361 e. The number of hydrogen-bond donors (Lipinski definition) is 3. The number of rotatable bonds is 8. The summed E-state index contributed by atoms with van der Waals surface area (Å²) in [7, 11) is 0. The molecular weight excluding hydrogens is 396 g/mol. The number of urea groups is 1. The molecule has 1 unspecified atom stereocenters. The summed E-state index contributed by atoms with van der Waals surface area (Å²) in [5.41, 5.74) is 2.29. The number of nitrogens with one attached hydrogen (secondary N) is 3. The third-order valence-electron chi connectivity index (χ3n) is 5.58. The summed E-state index contributed by atoms with van der Waals surface area (Å²) >= 11 is 0. The Balaban J connectivity index is 1.24. The van der Waals surface area contributed by atoms with Crippen molar-refractivity contribution >= 4 is 22.8 Å². The minimum atomic E-state index is -0.172. The second-order valence-corrected chi connectivity index (χ2v) is 7.69. The van der Waals surface area contributed by atoms with E-state index >= 15 is 0 Å². The predicted molar refractivity (Wildman–Crippen MR) is 115 cm³/mol. The number of H-pyrrole nitrogens is 1. The summed E-state index contributed by atoms with van der Waals surface area (Å²) in [4.78, 5) is 33.8. The van der Waals surface area contributed by atoms with E-state index in [-0.39, 0.29) is 24.4 Å². The molecule has 0 saturated carbocycles. The summed E-state index contributed by atoms with van der Waals surface area (Å²) in [6.45, 7) is 3.72. The normalized spacial score (nSPS) is 16.0. The minimum absolute atomic E-state index is 0.0515. The van der Waals surface area contributed by atoms with Gasteiger partial charge in [-0.05, 0) is 37.8 Å². The van der Waals surface area contributed by atoms with Crippen molar-refractivity contribution in [3.63, 3.8) is 0 Å². The van der Waals surface area contributed by atoms with Crippen molar-refractivity contribution in [3.8, 4) is 0 Å². The van der Waals surface area contributed by atoms with Gasteiger partial charge < -0.3 is 25.0 Å². The number of carbonyl (C=O) groups is 2. The van der Waals surface area contributed by atoms with Gasteiger partial charge in [0.25, 0.3) is 0 Å². The predicted octanol–water partition coefficient (Wildman–Crippen LogP) is 2.71. The van der Waals surface area contributed by atoms with Crippen LogP contribution in [0.5, 0.6) is 0 Å². The van der Waals surface area contributed by atoms with E-state index < -0.39 is 0 Å². The van der Waals surface area contributed by atoms with Crippen LogP contribution in [0.15, 0.2) is 35.0 Å². The highest BCUT2D eigenvalue weighted by Crippen LogP contribution is 2.30. The van der Waals surface area contributed by atoms with Crippen molar-refractivity contribution < 1.29 is 14.1 Å². The second-order valence-electron chi connectivity index (χ2n) is 7.69. The first kappa shape index (κ1) is 20.9. The van der Waals surface area contributed by atoms with E-state index in [4.69, 9.17) is 4.52 Å². The number of aromatic amines is 1. The van der Waals surface area contributed by atoms with Crippen LogP contribution in [0.4, 0.5) is 4.79 Å². The van der Waals surface area contributed by atoms with E-state index in [2.05, 4.69) is 31.8 Å². The van der Waals surface area contributed by atoms with Crippen LogP contribution in [0, 0.1) is 0 Å². The van der Waals surface area contributed by atoms with Crippen LogP contribution in [0.3, 0.4) is 0 Å². The van der Waals surface area contributed by atoms with E-state index in [9.17, 15) is 9.59 Å². The molecule has 2 aromatic heterocycles. The molecule has 1 aliphatic heterocycles. The van der Waals surface area contributed by atoms with Gasteiger partial charge in [0.15, 0.2) is 5.82 Å². The van der Waals surface area contributed by atoms with Gasteiger partial charge in [-0.25, -0.2) is 4.79 Å². The maximum absolute atomic E-state index is 12.2. The van der Waals surface area contributed by atoms with Crippen molar-refractivity contribution in [2.45, 2.75) is 45.1 Å². The number of carbonyl (C=O) groups excluding carboxylic acids is 2. The molecule has 3 aromatic rings. The molecule has 0 spiro atoms. The maximum Gasteiger partial charge on any atom is 0.318 e. The largest absolute Gasteiger partial charge is 0.361 e. The van der Waals surface area contributed by atoms with Crippen LogP contribution in [0.25, 0.3) is 10.9 Å². The molecule has 9 nitrogen and oxygen atoms in total. The first-order chi connectivity index (χ1) is 15.2. The Morgan fingerprint density at radius 2 is 2.13 bits per heavy atom. The van der Waals surface area contributed by atoms with Gasteiger partial charge in [0, 0.05) is 49.6 Å². The zero-order valence-electron chi connectivity index (χ0n) is 17.7. The molecule has 9 heteroatoms. The number of likely N-dealkylation sites (tertiary alicyclic amines) is 1. The zero-order valence-corrected chi connectivity index (χ0v) is 17.7. The van der Waals surface area contributed by atoms with Gasteiger partial charge in [-0.1, -0.05) is 23.4 Å². The van der Waals surface area contributed by atoms with Crippen LogP contribution in [0.1, 0.15) is 49.5 Å². The van der Waals surface area contributed by atoms with Gasteiger partial charge in [-0.3, -0.25) is 4.79 Å². The highest BCUT2D eigenvalue weighted by molar-refractivity contribution is 5.83. The van der Waals surface area contributed by atoms with Gasteiger partial charge in [-0.15, -0.1) is 0 Å². The molecule has 4 rings (SSSR count). The molecule has 0 bridgehead atoms. The summed E-state index contributed by atoms with van der Waals surface area (Å²) < 4.78 is 5.32. The molecule has 3 heterocycles. The Morgan fingerprint density at radius 3 is 3.00 bits per heavy atom. The number of para-hydroxylation sites is 1. The fraction of sp³-hybridized carbons (Fsp3) is 0.455. The van der Waals surface area contributed by atoms with Crippen LogP contribution in [0.2, 0.25) is 0 Å². The maximum atomic E-state index is 12.2. The standard InChI is InChI=1S/C22H28N6O3/c1-2-23-22(30)28-13-5-8-18(28)21-26-20(31-27-21)10-9-19(29)24-12-11-15-14-25-17-7-4-3-6-16(15)17/h3-4,6-7,14,18,25H,2,5,8-13H2,1H3,(H,23,30)(H,24,29). The lowest BCUT2D eigenvalue weighted by molar-refractivity contribution is -0.121. The van der Waals surface area contributed by atoms with Crippen molar-refractivity contribution in [1.82, 2.24) is 30.7 Å². The van der Waals surface area contributed by atoms with Crippen LogP contribution in [-0.2, 0) is 17.6 Å².